The molecule has 0 atom stereocenters. The smallest absolute Gasteiger partial charge is 0.194 e. The molecule has 402 valence electrons. The predicted molar refractivity (Wildman–Crippen MR) is 335 cm³/mol. The maximum absolute atomic E-state index is 2.38. The summed E-state index contributed by atoms with van der Waals surface area (Å²) in [4.78, 5) is 0. The zero-order valence-corrected chi connectivity index (χ0v) is 48.3. The summed E-state index contributed by atoms with van der Waals surface area (Å²) in [5.74, 6) is 0. The zero-order chi connectivity index (χ0) is 56.4. The Morgan fingerprint density at radius 1 is 0.289 bits per heavy atom. The maximum atomic E-state index is 2.38. The average molecular weight is 1080 g/mol. The number of hydrogen-bond donors (Lipinski definition) is 0. The second-order valence-corrected chi connectivity index (χ2v) is 22.5. The van der Waals surface area contributed by atoms with E-state index >= 15 is 0 Å². The molecule has 0 N–H and O–H groups in total. The van der Waals surface area contributed by atoms with Gasteiger partial charge in [-0.2, -0.15) is 22.8 Å². The van der Waals surface area contributed by atoms with E-state index < -0.39 is 0 Å². The van der Waals surface area contributed by atoms with Crippen molar-refractivity contribution in [3.05, 3.63) is 317 Å². The first-order valence-electron chi connectivity index (χ1n) is 29.4. The quantitative estimate of drug-likeness (QED) is 0.157. The molecule has 0 unspecified atom stereocenters. The van der Waals surface area contributed by atoms with Crippen LogP contribution < -0.4 is 22.8 Å². The molecule has 0 saturated heterocycles. The second-order valence-electron chi connectivity index (χ2n) is 22.5. The Morgan fingerprint density at radius 3 is 1.35 bits per heavy atom. The highest BCUT2D eigenvalue weighted by molar-refractivity contribution is 5.74. The third kappa shape index (κ3) is 10.5. The molecule has 12 aromatic rings. The van der Waals surface area contributed by atoms with Gasteiger partial charge in [0, 0.05) is 87.5 Å². The van der Waals surface area contributed by atoms with E-state index in [1.807, 2.05) is 0 Å². The van der Waals surface area contributed by atoms with Crippen LogP contribution in [0.1, 0.15) is 62.6 Å². The van der Waals surface area contributed by atoms with Crippen molar-refractivity contribution in [2.45, 2.75) is 73.8 Å². The molecule has 5 nitrogen and oxygen atoms in total. The van der Waals surface area contributed by atoms with Crippen LogP contribution in [0.5, 0.6) is 0 Å². The van der Waals surface area contributed by atoms with Crippen molar-refractivity contribution in [3.8, 4) is 78.5 Å². The lowest BCUT2D eigenvalue weighted by Gasteiger charge is -2.08. The highest BCUT2D eigenvalue weighted by atomic mass is 15.0. The third-order valence-corrected chi connectivity index (χ3v) is 17.1. The van der Waals surface area contributed by atoms with Crippen molar-refractivity contribution in [1.82, 2.24) is 0 Å². The molecule has 0 amide bonds. The van der Waals surface area contributed by atoms with E-state index in [2.05, 4.69) is 319 Å². The van der Waals surface area contributed by atoms with Crippen LogP contribution in [0.25, 0.3) is 78.5 Å². The minimum absolute atomic E-state index is 0.976. The summed E-state index contributed by atoms with van der Waals surface area (Å²) in [6.45, 7) is 16.0. The number of rotatable bonds is 3. The van der Waals surface area contributed by atoms with Crippen molar-refractivity contribution >= 4 is 0 Å². The first kappa shape index (κ1) is 52.7. The monoisotopic (exact) mass is 1080 g/mol. The van der Waals surface area contributed by atoms with Gasteiger partial charge in [0.1, 0.15) is 0 Å². The molecular weight excluding hydrogens is 1010 g/mol. The molecule has 5 aliphatic rings. The van der Waals surface area contributed by atoms with Crippen LogP contribution in [-0.2, 0) is 39.1 Å². The van der Waals surface area contributed by atoms with E-state index in [0.717, 1.165) is 39.1 Å². The highest BCUT2D eigenvalue weighted by Gasteiger charge is 2.30. The van der Waals surface area contributed by atoms with Gasteiger partial charge >= 0.3 is 0 Å². The van der Waals surface area contributed by atoms with Crippen molar-refractivity contribution in [2.75, 3.05) is 0 Å². The number of fused-ring (bicyclic) bond motifs is 15. The van der Waals surface area contributed by atoms with Crippen LogP contribution in [-0.4, -0.2) is 0 Å². The molecule has 5 heteroatoms. The highest BCUT2D eigenvalue weighted by Crippen LogP contribution is 2.34. The van der Waals surface area contributed by atoms with Crippen LogP contribution in [0.4, 0.5) is 0 Å². The number of nitrogens with zero attached hydrogens (tertiary/aromatic N) is 5. The minimum Gasteiger partial charge on any atom is -0.194 e. The summed E-state index contributed by atoms with van der Waals surface area (Å²) in [6, 6.07) is 82.4. The Kier molecular flexibility index (Phi) is 14.6. The van der Waals surface area contributed by atoms with Gasteiger partial charge in [0.15, 0.2) is 63.7 Å². The van der Waals surface area contributed by atoms with Gasteiger partial charge in [-0.05, 0) is 122 Å². The van der Waals surface area contributed by atoms with Crippen LogP contribution in [0.2, 0.25) is 0 Å². The van der Waals surface area contributed by atoms with E-state index in [4.69, 9.17) is 0 Å². The lowest BCUT2D eigenvalue weighted by molar-refractivity contribution is -0.672. The largest absolute Gasteiger partial charge is 0.213 e. The summed E-state index contributed by atoms with van der Waals surface area (Å²) in [6.07, 6.45) is 12.1. The molecule has 17 rings (SSSR count). The summed E-state index contributed by atoms with van der Waals surface area (Å²) in [7, 11) is 0. The molecule has 7 aromatic carbocycles. The van der Waals surface area contributed by atoms with Crippen LogP contribution in [0.15, 0.2) is 262 Å². The number of aromatic nitrogens is 5. The molecule has 0 fully saturated rings. The Bertz CT molecular complexity index is 4340. The van der Waals surface area contributed by atoms with Crippen LogP contribution in [0.3, 0.4) is 0 Å². The second kappa shape index (κ2) is 23.0. The fourth-order valence-corrected chi connectivity index (χ4v) is 13.0. The molecule has 5 aliphatic heterocycles. The molecular formula is C78H70N5+5. The maximum Gasteiger partial charge on any atom is 0.213 e. The van der Waals surface area contributed by atoms with Gasteiger partial charge in [0.2, 0.25) is 28.5 Å². The lowest BCUT2D eigenvalue weighted by atomic mass is 9.96. The van der Waals surface area contributed by atoms with Gasteiger partial charge in [-0.3, -0.25) is 0 Å². The Balaban J connectivity index is 0.0000000985. The van der Waals surface area contributed by atoms with Crippen LogP contribution >= 0.6 is 0 Å². The van der Waals surface area contributed by atoms with Gasteiger partial charge in [-0.1, -0.05) is 140 Å². The van der Waals surface area contributed by atoms with Crippen molar-refractivity contribution in [1.29, 1.82) is 0 Å². The number of hydrogen-bond acceptors (Lipinski definition) is 0. The third-order valence-electron chi connectivity index (χ3n) is 17.1. The van der Waals surface area contributed by atoms with Crippen LogP contribution in [0, 0.1) is 27.7 Å². The van der Waals surface area contributed by atoms with Crippen molar-refractivity contribution in [2.24, 2.45) is 0 Å². The first-order chi connectivity index (χ1) is 40.8. The average Bonchev–Trinajstić information content (AvgIpc) is 4.57. The van der Waals surface area contributed by atoms with E-state index in [0.29, 0.717) is 0 Å². The van der Waals surface area contributed by atoms with E-state index in [1.165, 1.54) is 134 Å². The normalized spacial score (nSPS) is 12.2. The van der Waals surface area contributed by atoms with E-state index in [-0.39, 0.29) is 0 Å². The molecule has 0 radical (unpaired) electrons. The molecule has 10 heterocycles. The summed E-state index contributed by atoms with van der Waals surface area (Å²) < 4.78 is 11.6. The lowest BCUT2D eigenvalue weighted by Crippen LogP contribution is -2.32. The minimum atomic E-state index is 0.976. The van der Waals surface area contributed by atoms with E-state index in [9.17, 15) is 0 Å². The van der Waals surface area contributed by atoms with Gasteiger partial charge in [-0.25, -0.2) is 0 Å². The number of pyridine rings is 5. The molecule has 83 heavy (non-hydrogen) atoms. The summed E-state index contributed by atoms with van der Waals surface area (Å²) >= 11 is 0. The molecule has 0 saturated carbocycles. The fourth-order valence-electron chi connectivity index (χ4n) is 13.0. The zero-order valence-electron chi connectivity index (χ0n) is 48.3. The summed E-state index contributed by atoms with van der Waals surface area (Å²) in [5.41, 5.74) is 32.9. The standard InChI is InChI=1S/2C20H18N.2C13H12N.C12H10N/c1-14-6-5-7-15(2)20(14)17-10-11-19-18-9-4-3-8-16(18)12-21(19)13-17;1-2-15-12-20-18-11-7-6-10-17(18)13-21(20)14-19(15)16-8-4-3-5-9-16;1-10-5-4-6-11-9-14-8-3-2-7-12(14)13(10)11;1-10-5-6-12-11(8-10)9-14-7-3-2-4-13(12)14;1-2-6-11-10(5-1)9-13-8-4-3-7-12(11)13/h3-11,13H,12H2,1-2H3;3-12,14H,2,13H2,1H3;2*2-8H,9H2,1H3;1-8H,9H2/q5*+1. The number of benzene rings is 7. The Morgan fingerprint density at radius 2 is 0.735 bits per heavy atom. The fraction of sp³-hybridized carbons (Fsp3) is 0.141. The molecule has 0 aliphatic carbocycles. The topological polar surface area (TPSA) is 19.4 Å². The summed E-state index contributed by atoms with van der Waals surface area (Å²) in [5, 5.41) is 0. The van der Waals surface area contributed by atoms with Crippen molar-refractivity contribution < 1.29 is 22.8 Å². The molecule has 5 aromatic heterocycles. The predicted octanol–water partition coefficient (Wildman–Crippen LogP) is 15.1. The van der Waals surface area contributed by atoms with Gasteiger partial charge in [-0.15, -0.1) is 0 Å². The first-order valence-corrected chi connectivity index (χ1v) is 29.4. The SMILES string of the molecule is CCc1cc2[n+](cc1-c1ccccc1)Cc1ccccc1-2.Cc1ccc2c(c1)C[n+]1ccccc1-2.Cc1cccc(C)c1-c1ccc2[n+](c1)Cc1ccccc1-2.Cc1cccc2c1-c1cccc[n+]1C2.c1ccc2c(c1)C[n+]1ccccc1-2. The number of aryl methyl sites for hydroxylation is 5. The molecule has 0 bridgehead atoms. The molecule has 0 spiro atoms. The Labute approximate surface area is 489 Å². The Hall–Kier alpha value is -9.71. The van der Waals surface area contributed by atoms with Gasteiger partial charge < -0.3 is 0 Å². The van der Waals surface area contributed by atoms with Gasteiger partial charge in [0.25, 0.3) is 0 Å². The van der Waals surface area contributed by atoms with Gasteiger partial charge in [0.05, 0.1) is 27.8 Å². The van der Waals surface area contributed by atoms with E-state index in [1.54, 1.807) is 0 Å². The van der Waals surface area contributed by atoms with Crippen molar-refractivity contribution in [3.63, 3.8) is 0 Å².